The first-order valence-corrected chi connectivity index (χ1v) is 10.1. The zero-order chi connectivity index (χ0) is 20.9. The molecular weight excluding hydrogens is 310 g/mol. The molecule has 0 bridgehead atoms. The van der Waals surface area contributed by atoms with Crippen molar-refractivity contribution in [1.29, 1.82) is 0 Å². The average Bonchev–Trinajstić information content (AvgIpc) is 2.35. The second kappa shape index (κ2) is 15.7. The van der Waals surface area contributed by atoms with Gasteiger partial charge < -0.3 is 10.8 Å². The molecule has 0 spiro atoms. The Morgan fingerprint density at radius 2 is 0.960 bits per heavy atom. The molecule has 0 aromatic heterocycles. The Labute approximate surface area is 159 Å². The molecule has 0 saturated heterocycles. The highest BCUT2D eigenvalue weighted by Gasteiger charge is 2.24. The van der Waals surface area contributed by atoms with E-state index in [-0.39, 0.29) is 17.8 Å². The number of carbonyl (C=O) groups is 1. The summed E-state index contributed by atoms with van der Waals surface area (Å²) in [6, 6.07) is 0.370. The van der Waals surface area contributed by atoms with Gasteiger partial charge in [-0.05, 0) is 41.9 Å². The van der Waals surface area contributed by atoms with E-state index in [1.54, 1.807) is 0 Å². The molecule has 0 atom stereocenters. The zero-order valence-electron chi connectivity index (χ0n) is 19.3. The largest absolute Gasteiger partial charge is 0.481 e. The third-order valence-corrected chi connectivity index (χ3v) is 4.20. The van der Waals surface area contributed by atoms with Crippen LogP contribution >= 0.6 is 0 Å². The maximum Gasteiger partial charge on any atom is 0.307 e. The van der Waals surface area contributed by atoms with Crippen LogP contribution in [0.2, 0.25) is 0 Å². The summed E-state index contributed by atoms with van der Waals surface area (Å²) in [5.41, 5.74) is 5.76. The van der Waals surface area contributed by atoms with Crippen molar-refractivity contribution in [1.82, 2.24) is 0 Å². The van der Waals surface area contributed by atoms with Crippen molar-refractivity contribution >= 4 is 5.97 Å². The van der Waals surface area contributed by atoms with Crippen LogP contribution in [0.3, 0.4) is 0 Å². The lowest BCUT2D eigenvalue weighted by atomic mass is 9.86. The molecule has 0 heterocycles. The van der Waals surface area contributed by atoms with E-state index < -0.39 is 5.97 Å². The molecule has 0 rings (SSSR count). The Balaban J connectivity index is -0.000000296. The topological polar surface area (TPSA) is 63.3 Å². The fourth-order valence-electron chi connectivity index (χ4n) is 3.05. The fraction of sp³-hybridized carbons (Fsp3) is 0.955. The van der Waals surface area contributed by atoms with Crippen LogP contribution in [0, 0.1) is 41.4 Å². The van der Waals surface area contributed by atoms with E-state index in [0.29, 0.717) is 17.9 Å². The minimum atomic E-state index is -0.676. The van der Waals surface area contributed by atoms with Gasteiger partial charge in [-0.25, -0.2) is 0 Å². The van der Waals surface area contributed by atoms with E-state index in [1.807, 2.05) is 27.7 Å². The van der Waals surface area contributed by atoms with Crippen LogP contribution in [0.25, 0.3) is 0 Å². The summed E-state index contributed by atoms with van der Waals surface area (Å²) in [7, 11) is 0. The smallest absolute Gasteiger partial charge is 0.307 e. The molecule has 3 heteroatoms. The maximum absolute atomic E-state index is 10.6. The van der Waals surface area contributed by atoms with Gasteiger partial charge in [-0.2, -0.15) is 0 Å². The monoisotopic (exact) mass is 359 g/mol. The van der Waals surface area contributed by atoms with Gasteiger partial charge in [-0.15, -0.1) is 0 Å². The van der Waals surface area contributed by atoms with Crippen molar-refractivity contribution in [3.05, 3.63) is 0 Å². The molecule has 0 fully saturated rings. The van der Waals surface area contributed by atoms with Crippen LogP contribution in [0.1, 0.15) is 89.5 Å². The number of carboxylic acid groups (broad SMARTS) is 1. The SMILES string of the molecule is CC(C)C(C(=O)O)C(C)C.CC(C)C(N)C(C)C.CC(C)CC(C)C. The highest BCUT2D eigenvalue weighted by atomic mass is 16.4. The van der Waals surface area contributed by atoms with Gasteiger partial charge in [-0.1, -0.05) is 83.1 Å². The molecule has 154 valence electrons. The van der Waals surface area contributed by atoms with Gasteiger partial charge in [0.2, 0.25) is 0 Å². The second-order valence-corrected chi connectivity index (χ2v) is 9.44. The van der Waals surface area contributed by atoms with Crippen molar-refractivity contribution in [2.45, 2.75) is 95.5 Å². The number of hydrogen-bond acceptors (Lipinski definition) is 2. The van der Waals surface area contributed by atoms with Gasteiger partial charge in [0.05, 0.1) is 5.92 Å². The minimum Gasteiger partial charge on any atom is -0.481 e. The first-order chi connectivity index (χ1) is 11.1. The van der Waals surface area contributed by atoms with Gasteiger partial charge in [-0.3, -0.25) is 4.79 Å². The van der Waals surface area contributed by atoms with Crippen LogP contribution in [0.4, 0.5) is 0 Å². The molecule has 3 nitrogen and oxygen atoms in total. The standard InChI is InChI=1S/C8H16O2.C7H17N.C7H16/c1-5(2)7(6(3)4)8(9)10;1-5(2)7(8)6(3)4;1-6(2)5-7(3)4/h5-7H,1-4H3,(H,9,10);5-7H,8H2,1-4H3;6-7H,5H2,1-4H3. The molecule has 0 amide bonds. The molecule has 0 aliphatic heterocycles. The van der Waals surface area contributed by atoms with E-state index in [1.165, 1.54) is 6.42 Å². The fourth-order valence-corrected chi connectivity index (χ4v) is 3.05. The Morgan fingerprint density at radius 1 is 0.680 bits per heavy atom. The Morgan fingerprint density at radius 3 is 0.960 bits per heavy atom. The summed E-state index contributed by atoms with van der Waals surface area (Å²) < 4.78 is 0. The first-order valence-electron chi connectivity index (χ1n) is 10.1. The van der Waals surface area contributed by atoms with Gasteiger partial charge >= 0.3 is 5.97 Å². The van der Waals surface area contributed by atoms with Crippen molar-refractivity contribution in [2.75, 3.05) is 0 Å². The van der Waals surface area contributed by atoms with E-state index >= 15 is 0 Å². The van der Waals surface area contributed by atoms with Crippen LogP contribution in [-0.4, -0.2) is 17.1 Å². The molecule has 0 aliphatic carbocycles. The summed E-state index contributed by atoms with van der Waals surface area (Å²) in [4.78, 5) is 10.6. The predicted molar refractivity (Wildman–Crippen MR) is 113 cm³/mol. The van der Waals surface area contributed by atoms with Gasteiger partial charge in [0.25, 0.3) is 0 Å². The predicted octanol–water partition coefficient (Wildman–Crippen LogP) is 6.31. The Bertz CT molecular complexity index is 285. The normalized spacial score (nSPS) is 11.6. The van der Waals surface area contributed by atoms with Crippen LogP contribution in [-0.2, 0) is 4.79 Å². The number of hydrogen-bond donors (Lipinski definition) is 2. The molecule has 0 aromatic carbocycles. The van der Waals surface area contributed by atoms with Crippen LogP contribution in [0.5, 0.6) is 0 Å². The molecule has 0 radical (unpaired) electrons. The Hall–Kier alpha value is -0.570. The summed E-state index contributed by atoms with van der Waals surface area (Å²) in [6.45, 7) is 25.5. The molecule has 0 saturated carbocycles. The van der Waals surface area contributed by atoms with E-state index in [2.05, 4.69) is 55.4 Å². The van der Waals surface area contributed by atoms with Gasteiger partial charge in [0.15, 0.2) is 0 Å². The number of carboxylic acids is 1. The van der Waals surface area contributed by atoms with Crippen molar-refractivity contribution in [3.8, 4) is 0 Å². The minimum absolute atomic E-state index is 0.194. The zero-order valence-corrected chi connectivity index (χ0v) is 19.3. The molecule has 25 heavy (non-hydrogen) atoms. The maximum atomic E-state index is 10.6. The molecule has 0 unspecified atom stereocenters. The lowest BCUT2D eigenvalue weighted by Gasteiger charge is -2.19. The van der Waals surface area contributed by atoms with Crippen LogP contribution < -0.4 is 5.73 Å². The lowest BCUT2D eigenvalue weighted by Crippen LogP contribution is -2.31. The molecule has 0 aliphatic rings. The third kappa shape index (κ3) is 19.6. The first kappa shape index (κ1) is 29.2. The average molecular weight is 360 g/mol. The number of rotatable bonds is 7. The highest BCUT2D eigenvalue weighted by Crippen LogP contribution is 2.20. The summed E-state index contributed by atoms with van der Waals surface area (Å²) in [5, 5.41) is 8.71. The van der Waals surface area contributed by atoms with Gasteiger partial charge in [0.1, 0.15) is 0 Å². The number of aliphatic carboxylic acids is 1. The van der Waals surface area contributed by atoms with Gasteiger partial charge in [0, 0.05) is 6.04 Å². The van der Waals surface area contributed by atoms with Crippen molar-refractivity contribution in [2.24, 2.45) is 47.2 Å². The second-order valence-electron chi connectivity index (χ2n) is 9.44. The van der Waals surface area contributed by atoms with E-state index in [9.17, 15) is 4.79 Å². The van der Waals surface area contributed by atoms with Crippen molar-refractivity contribution in [3.63, 3.8) is 0 Å². The van der Waals surface area contributed by atoms with E-state index in [4.69, 9.17) is 10.8 Å². The molecule has 0 aromatic rings. The van der Waals surface area contributed by atoms with Crippen LogP contribution in [0.15, 0.2) is 0 Å². The molecular formula is C22H49NO2. The van der Waals surface area contributed by atoms with E-state index in [0.717, 1.165) is 11.8 Å². The lowest BCUT2D eigenvalue weighted by molar-refractivity contribution is -0.145. The summed E-state index contributed by atoms with van der Waals surface area (Å²) >= 11 is 0. The molecule has 3 N–H and O–H groups in total. The Kier molecular flexibility index (Phi) is 18.3. The third-order valence-electron chi connectivity index (χ3n) is 4.20. The van der Waals surface area contributed by atoms with Crippen molar-refractivity contribution < 1.29 is 9.90 Å². The number of nitrogens with two attached hydrogens (primary N) is 1. The quantitative estimate of drug-likeness (QED) is 0.559. The summed E-state index contributed by atoms with van der Waals surface area (Å²) in [6.07, 6.45) is 1.36. The highest BCUT2D eigenvalue weighted by molar-refractivity contribution is 5.70. The summed E-state index contributed by atoms with van der Waals surface area (Å²) in [5.74, 6) is 2.59.